The van der Waals surface area contributed by atoms with Crippen molar-refractivity contribution in [1.82, 2.24) is 10.2 Å². The highest BCUT2D eigenvalue weighted by molar-refractivity contribution is 5.76. The van der Waals surface area contributed by atoms with Crippen molar-refractivity contribution in [2.45, 2.75) is 6.42 Å². The van der Waals surface area contributed by atoms with Gasteiger partial charge in [-0.3, -0.25) is 4.79 Å². The Balaban J connectivity index is 3.49. The normalized spacial score (nSPS) is 9.31. The number of carbonyl (C=O) groups excluding carboxylic acids is 1. The predicted octanol–water partition coefficient (Wildman–Crippen LogP) is 0.796. The van der Waals surface area contributed by atoms with Crippen molar-refractivity contribution in [3.8, 4) is 0 Å². The molecule has 0 unspecified atom stereocenters. The molecule has 1 amide bonds. The molecule has 0 aromatic heterocycles. The van der Waals surface area contributed by atoms with Gasteiger partial charge in [-0.2, -0.15) is 0 Å². The third-order valence-corrected chi connectivity index (χ3v) is 1.63. The molecule has 0 aliphatic heterocycles. The Morgan fingerprint density at radius 1 is 1.46 bits per heavy atom. The van der Waals surface area contributed by atoms with E-state index in [1.54, 1.807) is 24.1 Å². The second-order valence-electron chi connectivity index (χ2n) is 2.81. The Hall–Kier alpha value is -1.09. The number of nitrogens with one attached hydrogen (secondary N) is 1. The lowest BCUT2D eigenvalue weighted by molar-refractivity contribution is -0.129. The molecule has 13 heavy (non-hydrogen) atoms. The number of amides is 1. The highest BCUT2D eigenvalue weighted by atomic mass is 16.2. The Kier molecular flexibility index (Phi) is 6.92. The first-order valence-corrected chi connectivity index (χ1v) is 4.38. The fourth-order valence-corrected chi connectivity index (χ4v) is 0.886. The summed E-state index contributed by atoms with van der Waals surface area (Å²) in [6.45, 7) is 9.20. The number of rotatable bonds is 7. The molecule has 3 nitrogen and oxygen atoms in total. The van der Waals surface area contributed by atoms with Gasteiger partial charge >= 0.3 is 0 Å². The summed E-state index contributed by atoms with van der Waals surface area (Å²) in [4.78, 5) is 13.0. The Morgan fingerprint density at radius 3 is 2.69 bits per heavy atom. The van der Waals surface area contributed by atoms with E-state index in [1.807, 2.05) is 0 Å². The van der Waals surface area contributed by atoms with Crippen LogP contribution in [0, 0.1) is 0 Å². The van der Waals surface area contributed by atoms with Gasteiger partial charge in [0.2, 0.25) is 5.91 Å². The van der Waals surface area contributed by atoms with E-state index in [9.17, 15) is 4.79 Å². The molecule has 0 fully saturated rings. The van der Waals surface area contributed by atoms with Gasteiger partial charge in [0, 0.05) is 33.1 Å². The summed E-state index contributed by atoms with van der Waals surface area (Å²) >= 11 is 0. The summed E-state index contributed by atoms with van der Waals surface area (Å²) in [6.07, 6.45) is 4.02. The van der Waals surface area contributed by atoms with Gasteiger partial charge in [0.15, 0.2) is 0 Å². The van der Waals surface area contributed by atoms with E-state index in [2.05, 4.69) is 18.5 Å². The van der Waals surface area contributed by atoms with Gasteiger partial charge in [0.05, 0.1) is 0 Å². The zero-order chi connectivity index (χ0) is 10.1. The van der Waals surface area contributed by atoms with Crippen LogP contribution in [0.5, 0.6) is 0 Å². The number of hydrogen-bond donors (Lipinski definition) is 1. The molecular formula is C10H18N2O. The van der Waals surface area contributed by atoms with Crippen molar-refractivity contribution in [3.05, 3.63) is 25.3 Å². The minimum Gasteiger partial charge on any atom is -0.342 e. The number of carbonyl (C=O) groups is 1. The molecule has 0 rings (SSSR count). The van der Waals surface area contributed by atoms with Crippen LogP contribution in [-0.2, 0) is 4.79 Å². The highest BCUT2D eigenvalue weighted by Crippen LogP contribution is 1.89. The van der Waals surface area contributed by atoms with Gasteiger partial charge in [-0.15, -0.1) is 13.2 Å². The molecule has 0 saturated heterocycles. The summed E-state index contributed by atoms with van der Waals surface area (Å²) in [5.74, 6) is 0.136. The maximum absolute atomic E-state index is 11.3. The maximum Gasteiger partial charge on any atom is 0.223 e. The van der Waals surface area contributed by atoms with Gasteiger partial charge in [-0.25, -0.2) is 0 Å². The zero-order valence-corrected chi connectivity index (χ0v) is 8.25. The third kappa shape index (κ3) is 6.11. The summed E-state index contributed by atoms with van der Waals surface area (Å²) in [6, 6.07) is 0. The van der Waals surface area contributed by atoms with Crippen molar-refractivity contribution in [2.75, 3.05) is 26.7 Å². The zero-order valence-electron chi connectivity index (χ0n) is 8.25. The molecule has 0 spiro atoms. The minimum atomic E-state index is 0.136. The standard InChI is InChI=1S/C10H18N2O/c1-4-7-11-8-6-10(13)12(3)9-5-2/h4-5,11H,1-2,6-9H2,3H3. The second-order valence-corrected chi connectivity index (χ2v) is 2.81. The van der Waals surface area contributed by atoms with Crippen LogP contribution in [-0.4, -0.2) is 37.5 Å². The van der Waals surface area contributed by atoms with Crippen molar-refractivity contribution in [2.24, 2.45) is 0 Å². The molecule has 0 aliphatic carbocycles. The van der Waals surface area contributed by atoms with Crippen molar-refractivity contribution in [3.63, 3.8) is 0 Å². The summed E-state index contributed by atoms with van der Waals surface area (Å²) in [7, 11) is 1.78. The van der Waals surface area contributed by atoms with E-state index < -0.39 is 0 Å². The molecule has 0 radical (unpaired) electrons. The van der Waals surface area contributed by atoms with Gasteiger partial charge in [-0.1, -0.05) is 12.2 Å². The molecule has 0 aromatic carbocycles. The Morgan fingerprint density at radius 2 is 2.15 bits per heavy atom. The molecule has 0 aliphatic rings. The Bertz CT molecular complexity index is 178. The van der Waals surface area contributed by atoms with E-state index >= 15 is 0 Å². The Labute approximate surface area is 80.1 Å². The monoisotopic (exact) mass is 182 g/mol. The average Bonchev–Trinajstić information content (AvgIpc) is 2.12. The topological polar surface area (TPSA) is 32.3 Å². The van der Waals surface area contributed by atoms with Crippen LogP contribution in [0.1, 0.15) is 6.42 Å². The predicted molar refractivity (Wildman–Crippen MR) is 55.5 cm³/mol. The largest absolute Gasteiger partial charge is 0.342 e. The first-order valence-electron chi connectivity index (χ1n) is 4.38. The van der Waals surface area contributed by atoms with Crippen LogP contribution in [0.15, 0.2) is 25.3 Å². The van der Waals surface area contributed by atoms with E-state index in [0.717, 1.165) is 6.54 Å². The van der Waals surface area contributed by atoms with E-state index in [1.165, 1.54) is 0 Å². The smallest absolute Gasteiger partial charge is 0.223 e. The lowest BCUT2D eigenvalue weighted by Gasteiger charge is -2.14. The van der Waals surface area contributed by atoms with Gasteiger partial charge < -0.3 is 10.2 Å². The first kappa shape index (κ1) is 11.9. The third-order valence-electron chi connectivity index (χ3n) is 1.63. The van der Waals surface area contributed by atoms with Crippen LogP contribution < -0.4 is 5.32 Å². The summed E-state index contributed by atoms with van der Waals surface area (Å²) in [5.41, 5.74) is 0. The molecule has 0 heterocycles. The van der Waals surface area contributed by atoms with Crippen LogP contribution in [0.3, 0.4) is 0 Å². The van der Waals surface area contributed by atoms with Crippen LogP contribution in [0.25, 0.3) is 0 Å². The van der Waals surface area contributed by atoms with E-state index in [-0.39, 0.29) is 5.91 Å². The highest BCUT2D eigenvalue weighted by Gasteiger charge is 2.04. The molecule has 0 aromatic rings. The molecule has 0 saturated carbocycles. The van der Waals surface area contributed by atoms with Crippen molar-refractivity contribution >= 4 is 5.91 Å². The SMILES string of the molecule is C=CCNCCC(=O)N(C)CC=C. The fraction of sp³-hybridized carbons (Fsp3) is 0.500. The second kappa shape index (κ2) is 7.55. The van der Waals surface area contributed by atoms with Crippen LogP contribution in [0.4, 0.5) is 0 Å². The van der Waals surface area contributed by atoms with Gasteiger partial charge in [0.1, 0.15) is 0 Å². The molecule has 1 N–H and O–H groups in total. The summed E-state index contributed by atoms with van der Waals surface area (Å²) in [5, 5.41) is 3.07. The number of nitrogens with zero attached hydrogens (tertiary/aromatic N) is 1. The van der Waals surface area contributed by atoms with E-state index in [4.69, 9.17) is 0 Å². The van der Waals surface area contributed by atoms with Gasteiger partial charge in [-0.05, 0) is 0 Å². The molecule has 3 heteroatoms. The molecular weight excluding hydrogens is 164 g/mol. The van der Waals surface area contributed by atoms with Crippen LogP contribution >= 0.6 is 0 Å². The first-order chi connectivity index (χ1) is 6.22. The maximum atomic E-state index is 11.3. The van der Waals surface area contributed by atoms with Crippen molar-refractivity contribution < 1.29 is 4.79 Å². The van der Waals surface area contributed by atoms with Gasteiger partial charge in [0.25, 0.3) is 0 Å². The minimum absolute atomic E-state index is 0.136. The number of hydrogen-bond acceptors (Lipinski definition) is 2. The molecule has 0 atom stereocenters. The quantitative estimate of drug-likeness (QED) is 0.466. The van der Waals surface area contributed by atoms with Crippen LogP contribution in [0.2, 0.25) is 0 Å². The number of likely N-dealkylation sites (N-methyl/N-ethyl adjacent to an activating group) is 1. The van der Waals surface area contributed by atoms with E-state index in [0.29, 0.717) is 19.5 Å². The molecule has 74 valence electrons. The lowest BCUT2D eigenvalue weighted by Crippen LogP contribution is -2.29. The fourth-order valence-electron chi connectivity index (χ4n) is 0.886. The summed E-state index contributed by atoms with van der Waals surface area (Å²) < 4.78 is 0. The molecule has 0 bridgehead atoms. The average molecular weight is 182 g/mol. The van der Waals surface area contributed by atoms with Crippen molar-refractivity contribution in [1.29, 1.82) is 0 Å². The lowest BCUT2D eigenvalue weighted by atomic mass is 10.3.